The summed E-state index contributed by atoms with van der Waals surface area (Å²) in [5.41, 5.74) is 1.73. The Kier molecular flexibility index (Phi) is 4.49. The molecule has 0 spiro atoms. The number of hydrogen-bond donors (Lipinski definition) is 1. The van der Waals surface area contributed by atoms with Gasteiger partial charge in [-0.15, -0.1) is 5.10 Å². The van der Waals surface area contributed by atoms with Crippen molar-refractivity contribution >= 4 is 5.97 Å². The van der Waals surface area contributed by atoms with Crippen molar-refractivity contribution in [3.8, 4) is 0 Å². The molecule has 20 heavy (non-hydrogen) atoms. The first-order chi connectivity index (χ1) is 9.67. The van der Waals surface area contributed by atoms with E-state index in [9.17, 15) is 4.79 Å². The largest absolute Gasteiger partial charge is 0.476 e. The standard InChI is InChI=1S/C13H19N5O2/c1-3-5-11-12(13(19)20)15-16-18(11)8-10-7-14-9-17(10)6-4-2/h7,9H,3-6,8H2,1-2H3,(H,19,20). The van der Waals surface area contributed by atoms with Crippen LogP contribution in [-0.4, -0.2) is 35.6 Å². The summed E-state index contributed by atoms with van der Waals surface area (Å²) in [6, 6.07) is 0. The number of hydrogen-bond acceptors (Lipinski definition) is 4. The third-order valence-corrected chi connectivity index (χ3v) is 3.10. The minimum atomic E-state index is -1.03. The predicted molar refractivity (Wildman–Crippen MR) is 72.6 cm³/mol. The van der Waals surface area contributed by atoms with E-state index in [0.717, 1.165) is 25.1 Å². The average Bonchev–Trinajstić information content (AvgIpc) is 3.00. The summed E-state index contributed by atoms with van der Waals surface area (Å²) in [7, 11) is 0. The summed E-state index contributed by atoms with van der Waals surface area (Å²) in [6.07, 6.45) is 6.09. The molecule has 0 aromatic carbocycles. The van der Waals surface area contributed by atoms with Crippen molar-refractivity contribution in [2.45, 2.75) is 46.2 Å². The molecule has 7 nitrogen and oxygen atoms in total. The van der Waals surface area contributed by atoms with Crippen LogP contribution in [0.1, 0.15) is 48.6 Å². The van der Waals surface area contributed by atoms with Crippen LogP contribution in [0, 0.1) is 0 Å². The molecule has 0 bridgehead atoms. The first-order valence-corrected chi connectivity index (χ1v) is 6.82. The van der Waals surface area contributed by atoms with Crippen LogP contribution in [0.3, 0.4) is 0 Å². The zero-order valence-corrected chi connectivity index (χ0v) is 11.8. The van der Waals surface area contributed by atoms with Gasteiger partial charge in [0.25, 0.3) is 0 Å². The lowest BCUT2D eigenvalue weighted by Crippen LogP contribution is -2.12. The Balaban J connectivity index is 2.28. The third kappa shape index (κ3) is 2.87. The Bertz CT molecular complexity index is 587. The molecule has 1 N–H and O–H groups in total. The zero-order valence-electron chi connectivity index (χ0n) is 11.8. The van der Waals surface area contributed by atoms with Crippen LogP contribution in [0.5, 0.6) is 0 Å². The van der Waals surface area contributed by atoms with Crippen LogP contribution in [0.15, 0.2) is 12.5 Å². The number of aromatic nitrogens is 5. The van der Waals surface area contributed by atoms with Crippen molar-refractivity contribution in [1.82, 2.24) is 24.5 Å². The molecule has 0 saturated heterocycles. The van der Waals surface area contributed by atoms with Crippen LogP contribution in [0.4, 0.5) is 0 Å². The predicted octanol–water partition coefficient (Wildman–Crippen LogP) is 1.58. The van der Waals surface area contributed by atoms with E-state index in [1.807, 2.05) is 6.92 Å². The molecular weight excluding hydrogens is 258 g/mol. The van der Waals surface area contributed by atoms with E-state index < -0.39 is 5.97 Å². The second-order valence-electron chi connectivity index (χ2n) is 4.68. The highest BCUT2D eigenvalue weighted by Crippen LogP contribution is 2.11. The Labute approximate surface area is 117 Å². The van der Waals surface area contributed by atoms with Gasteiger partial charge in [0, 0.05) is 6.54 Å². The van der Waals surface area contributed by atoms with Gasteiger partial charge in [-0.05, 0) is 12.8 Å². The number of aromatic carboxylic acids is 1. The van der Waals surface area contributed by atoms with E-state index in [1.54, 1.807) is 17.2 Å². The summed E-state index contributed by atoms with van der Waals surface area (Å²) in [5, 5.41) is 16.9. The molecule has 2 aromatic heterocycles. The van der Waals surface area contributed by atoms with E-state index in [2.05, 4.69) is 26.8 Å². The van der Waals surface area contributed by atoms with Gasteiger partial charge in [0.05, 0.1) is 30.5 Å². The molecule has 7 heteroatoms. The lowest BCUT2D eigenvalue weighted by molar-refractivity contribution is 0.0689. The van der Waals surface area contributed by atoms with Gasteiger partial charge in [-0.2, -0.15) is 0 Å². The van der Waals surface area contributed by atoms with E-state index in [-0.39, 0.29) is 5.69 Å². The van der Waals surface area contributed by atoms with Crippen LogP contribution in [0.2, 0.25) is 0 Å². The highest BCUT2D eigenvalue weighted by molar-refractivity contribution is 5.86. The highest BCUT2D eigenvalue weighted by atomic mass is 16.4. The lowest BCUT2D eigenvalue weighted by atomic mass is 10.2. The smallest absolute Gasteiger partial charge is 0.358 e. The van der Waals surface area contributed by atoms with E-state index in [4.69, 9.17) is 5.11 Å². The number of aryl methyl sites for hydroxylation is 1. The molecule has 2 heterocycles. The van der Waals surface area contributed by atoms with Crippen LogP contribution in [-0.2, 0) is 19.5 Å². The van der Waals surface area contributed by atoms with Crippen LogP contribution in [0.25, 0.3) is 0 Å². The summed E-state index contributed by atoms with van der Waals surface area (Å²) in [6.45, 7) is 5.49. The summed E-state index contributed by atoms with van der Waals surface area (Å²) in [5.74, 6) is -1.03. The fourth-order valence-corrected chi connectivity index (χ4v) is 2.19. The molecule has 0 fully saturated rings. The van der Waals surface area contributed by atoms with Gasteiger partial charge in [0.2, 0.25) is 0 Å². The molecule has 108 valence electrons. The van der Waals surface area contributed by atoms with Crippen LogP contribution >= 0.6 is 0 Å². The molecule has 0 aliphatic heterocycles. The molecule has 0 saturated carbocycles. The zero-order chi connectivity index (χ0) is 14.5. The molecule has 0 aliphatic rings. The first kappa shape index (κ1) is 14.2. The summed E-state index contributed by atoms with van der Waals surface area (Å²) < 4.78 is 3.72. The van der Waals surface area contributed by atoms with Crippen molar-refractivity contribution < 1.29 is 9.90 Å². The molecule has 2 aromatic rings. The monoisotopic (exact) mass is 277 g/mol. The summed E-state index contributed by atoms with van der Waals surface area (Å²) >= 11 is 0. The van der Waals surface area contributed by atoms with Gasteiger partial charge in [-0.1, -0.05) is 25.5 Å². The maximum Gasteiger partial charge on any atom is 0.358 e. The number of nitrogens with zero attached hydrogens (tertiary/aromatic N) is 5. The van der Waals surface area contributed by atoms with Crippen molar-refractivity contribution in [2.75, 3.05) is 0 Å². The quantitative estimate of drug-likeness (QED) is 0.830. The SMILES string of the molecule is CCCc1c(C(=O)O)nnn1Cc1cncn1CCC. The molecule has 2 rings (SSSR count). The Hall–Kier alpha value is -2.18. The Morgan fingerprint density at radius 1 is 1.35 bits per heavy atom. The number of imidazole rings is 1. The molecule has 0 atom stereocenters. The van der Waals surface area contributed by atoms with Gasteiger partial charge in [-0.3, -0.25) is 0 Å². The molecule has 0 amide bonds. The number of carbonyl (C=O) groups is 1. The second kappa shape index (κ2) is 6.31. The molecule has 0 aliphatic carbocycles. The first-order valence-electron chi connectivity index (χ1n) is 6.82. The van der Waals surface area contributed by atoms with Crippen molar-refractivity contribution in [2.24, 2.45) is 0 Å². The third-order valence-electron chi connectivity index (χ3n) is 3.10. The van der Waals surface area contributed by atoms with Crippen molar-refractivity contribution in [1.29, 1.82) is 0 Å². The van der Waals surface area contributed by atoms with Crippen molar-refractivity contribution in [3.63, 3.8) is 0 Å². The minimum Gasteiger partial charge on any atom is -0.476 e. The Morgan fingerprint density at radius 2 is 2.15 bits per heavy atom. The molecular formula is C13H19N5O2. The van der Waals surface area contributed by atoms with E-state index in [0.29, 0.717) is 18.7 Å². The van der Waals surface area contributed by atoms with Crippen molar-refractivity contribution in [3.05, 3.63) is 29.6 Å². The van der Waals surface area contributed by atoms with Gasteiger partial charge in [0.15, 0.2) is 5.69 Å². The summed E-state index contributed by atoms with van der Waals surface area (Å²) in [4.78, 5) is 15.3. The lowest BCUT2D eigenvalue weighted by Gasteiger charge is -2.09. The fraction of sp³-hybridized carbons (Fsp3) is 0.538. The van der Waals surface area contributed by atoms with Gasteiger partial charge in [-0.25, -0.2) is 14.5 Å². The number of carboxylic acids is 1. The topological polar surface area (TPSA) is 85.8 Å². The fourth-order valence-electron chi connectivity index (χ4n) is 2.19. The molecule has 0 radical (unpaired) electrons. The average molecular weight is 277 g/mol. The van der Waals surface area contributed by atoms with E-state index >= 15 is 0 Å². The maximum absolute atomic E-state index is 11.1. The van der Waals surface area contributed by atoms with Gasteiger partial charge in [0.1, 0.15) is 0 Å². The van der Waals surface area contributed by atoms with E-state index in [1.165, 1.54) is 0 Å². The van der Waals surface area contributed by atoms with Gasteiger partial charge >= 0.3 is 5.97 Å². The normalized spacial score (nSPS) is 10.9. The van der Waals surface area contributed by atoms with Gasteiger partial charge < -0.3 is 9.67 Å². The Morgan fingerprint density at radius 3 is 2.80 bits per heavy atom. The maximum atomic E-state index is 11.1. The highest BCUT2D eigenvalue weighted by Gasteiger charge is 2.18. The minimum absolute atomic E-state index is 0.0495. The second-order valence-corrected chi connectivity index (χ2v) is 4.68. The molecule has 0 unspecified atom stereocenters. The number of rotatable bonds is 7. The number of carboxylic acid groups (broad SMARTS) is 1. The van der Waals surface area contributed by atoms with Crippen LogP contribution < -0.4 is 0 Å².